The molecule has 6 heteroatoms. The minimum absolute atomic E-state index is 0.0449. The maximum Gasteiger partial charge on any atom is 0.270 e. The highest BCUT2D eigenvalue weighted by atomic mass is 35.5. The molecule has 0 saturated carbocycles. The molecule has 1 aromatic heterocycles. The zero-order chi connectivity index (χ0) is 10.9. The third-order valence-electron chi connectivity index (χ3n) is 1.64. The Hall–Kier alpha value is -1.10. The van der Waals surface area contributed by atoms with Gasteiger partial charge < -0.3 is 0 Å². The van der Waals surface area contributed by atoms with Gasteiger partial charge in [-0.15, -0.1) is 0 Å². The molecule has 1 aromatic rings. The van der Waals surface area contributed by atoms with E-state index in [1.807, 2.05) is 0 Å². The molecule has 0 aliphatic heterocycles. The molecule has 0 fully saturated rings. The van der Waals surface area contributed by atoms with E-state index in [1.54, 1.807) is 0 Å². The van der Waals surface area contributed by atoms with Gasteiger partial charge in [-0.05, 0) is 30.2 Å². The van der Waals surface area contributed by atoms with Crippen molar-refractivity contribution in [3.63, 3.8) is 0 Å². The Morgan fingerprint density at radius 1 is 1.57 bits per heavy atom. The van der Waals surface area contributed by atoms with Crippen LogP contribution in [0.5, 0.6) is 0 Å². The highest BCUT2D eigenvalue weighted by Crippen LogP contribution is 2.25. The molecule has 0 atom stereocenters. The van der Waals surface area contributed by atoms with E-state index in [4.69, 9.17) is 11.6 Å². The molecule has 1 rings (SSSR count). The molecule has 0 unspecified atom stereocenters. The molecule has 0 aliphatic carbocycles. The van der Waals surface area contributed by atoms with Crippen LogP contribution in [0.1, 0.15) is 28.0 Å². The second kappa shape index (κ2) is 3.96. The lowest BCUT2D eigenvalue weighted by atomic mass is 10.1. The Morgan fingerprint density at radius 3 is 2.50 bits per heavy atom. The fourth-order valence-electron chi connectivity index (χ4n) is 1.01. The quantitative estimate of drug-likeness (QED) is 0.570. The van der Waals surface area contributed by atoms with Gasteiger partial charge in [0.1, 0.15) is 5.69 Å². The third kappa shape index (κ3) is 2.04. The monoisotopic (exact) mass is 223 g/mol. The topological polar surface area (TPSA) is 30.0 Å². The predicted molar refractivity (Wildman–Crippen MR) is 44.1 cm³/mol. The van der Waals surface area contributed by atoms with Crippen molar-refractivity contribution in [2.45, 2.75) is 13.3 Å². The smallest absolute Gasteiger partial charge is 0.270 e. The van der Waals surface area contributed by atoms with E-state index in [-0.39, 0.29) is 11.3 Å². The minimum Gasteiger partial charge on any atom is -0.274 e. The Balaban J connectivity index is 3.32. The van der Waals surface area contributed by atoms with Crippen LogP contribution in [0.15, 0.2) is 6.07 Å². The van der Waals surface area contributed by atoms with Crippen molar-refractivity contribution in [1.82, 2.24) is 4.98 Å². The molecular formula is C8H5ClF3NO. The first-order chi connectivity index (χ1) is 6.43. The standard InChI is InChI=1S/C8H5ClF3NO/c1-3-2-4(6(9)14)13-8(12)5(3)7(10)11/h2,7H,1H3. The zero-order valence-corrected chi connectivity index (χ0v) is 7.78. The van der Waals surface area contributed by atoms with Gasteiger partial charge in [0.2, 0.25) is 5.95 Å². The maximum absolute atomic E-state index is 12.9. The molecule has 0 N–H and O–H groups in total. The molecule has 0 aliphatic rings. The van der Waals surface area contributed by atoms with Gasteiger partial charge in [-0.25, -0.2) is 13.8 Å². The maximum atomic E-state index is 12.9. The molecule has 1 heterocycles. The molecule has 0 spiro atoms. The number of nitrogens with zero attached hydrogens (tertiary/aromatic N) is 1. The first-order valence-electron chi connectivity index (χ1n) is 3.58. The Labute approximate surface area is 82.7 Å². The Kier molecular flexibility index (Phi) is 3.10. The number of hydrogen-bond donors (Lipinski definition) is 0. The first kappa shape index (κ1) is 11.0. The lowest BCUT2D eigenvalue weighted by molar-refractivity contribution is 0.107. The van der Waals surface area contributed by atoms with E-state index in [2.05, 4.69) is 4.98 Å². The molecule has 0 bridgehead atoms. The van der Waals surface area contributed by atoms with E-state index in [9.17, 15) is 18.0 Å². The van der Waals surface area contributed by atoms with Crippen molar-refractivity contribution in [3.8, 4) is 0 Å². The van der Waals surface area contributed by atoms with E-state index >= 15 is 0 Å². The number of hydrogen-bond acceptors (Lipinski definition) is 2. The Morgan fingerprint density at radius 2 is 2.14 bits per heavy atom. The fourth-order valence-corrected chi connectivity index (χ4v) is 1.10. The lowest BCUT2D eigenvalue weighted by Crippen LogP contribution is -2.04. The van der Waals surface area contributed by atoms with Crippen molar-refractivity contribution < 1.29 is 18.0 Å². The van der Waals surface area contributed by atoms with Gasteiger partial charge in [0.25, 0.3) is 11.7 Å². The van der Waals surface area contributed by atoms with Gasteiger partial charge in [-0.2, -0.15) is 4.39 Å². The van der Waals surface area contributed by atoms with Crippen LogP contribution < -0.4 is 0 Å². The summed E-state index contributed by atoms with van der Waals surface area (Å²) >= 11 is 5.02. The molecule has 14 heavy (non-hydrogen) atoms. The summed E-state index contributed by atoms with van der Waals surface area (Å²) < 4.78 is 37.4. The number of pyridine rings is 1. The van der Waals surface area contributed by atoms with Crippen LogP contribution in [0.3, 0.4) is 0 Å². The minimum atomic E-state index is -2.96. The summed E-state index contributed by atoms with van der Waals surface area (Å²) in [6, 6.07) is 1.03. The number of aromatic nitrogens is 1. The van der Waals surface area contributed by atoms with Crippen molar-refractivity contribution in [3.05, 3.63) is 28.8 Å². The van der Waals surface area contributed by atoms with Crippen LogP contribution in [0.4, 0.5) is 13.2 Å². The number of halogens is 4. The van der Waals surface area contributed by atoms with Crippen molar-refractivity contribution >= 4 is 16.8 Å². The molecule has 0 aromatic carbocycles. The summed E-state index contributed by atoms with van der Waals surface area (Å²) in [4.78, 5) is 13.6. The van der Waals surface area contributed by atoms with Crippen LogP contribution in [-0.2, 0) is 0 Å². The molecule has 76 valence electrons. The number of carbonyl (C=O) groups is 1. The highest BCUT2D eigenvalue weighted by molar-refractivity contribution is 6.67. The van der Waals surface area contributed by atoms with Crippen molar-refractivity contribution in [2.75, 3.05) is 0 Å². The van der Waals surface area contributed by atoms with Crippen LogP contribution in [0.2, 0.25) is 0 Å². The summed E-state index contributed by atoms with van der Waals surface area (Å²) in [5, 5.41) is -0.979. The highest BCUT2D eigenvalue weighted by Gasteiger charge is 2.20. The first-order valence-corrected chi connectivity index (χ1v) is 3.96. The van der Waals surface area contributed by atoms with E-state index in [0.717, 1.165) is 6.07 Å². The van der Waals surface area contributed by atoms with Crippen LogP contribution in [-0.4, -0.2) is 10.2 Å². The van der Waals surface area contributed by atoms with Gasteiger partial charge in [0.05, 0.1) is 5.56 Å². The second-order valence-electron chi connectivity index (χ2n) is 2.60. The molecule has 0 radical (unpaired) electrons. The van der Waals surface area contributed by atoms with E-state index < -0.39 is 23.2 Å². The van der Waals surface area contributed by atoms with Gasteiger partial charge >= 0.3 is 0 Å². The number of carbonyl (C=O) groups excluding carboxylic acids is 1. The lowest BCUT2D eigenvalue weighted by Gasteiger charge is -2.05. The van der Waals surface area contributed by atoms with Gasteiger partial charge in [0, 0.05) is 0 Å². The summed E-state index contributed by atoms with van der Waals surface area (Å²) in [7, 11) is 0. The van der Waals surface area contributed by atoms with Gasteiger partial charge in [-0.1, -0.05) is 0 Å². The third-order valence-corrected chi connectivity index (χ3v) is 1.83. The summed E-state index contributed by atoms with van der Waals surface area (Å²) in [5.74, 6) is -1.36. The van der Waals surface area contributed by atoms with Crippen molar-refractivity contribution in [2.24, 2.45) is 0 Å². The summed E-state index contributed by atoms with van der Waals surface area (Å²) in [6.07, 6.45) is -2.96. The van der Waals surface area contributed by atoms with Crippen molar-refractivity contribution in [1.29, 1.82) is 0 Å². The van der Waals surface area contributed by atoms with Gasteiger partial charge in [0.15, 0.2) is 0 Å². The van der Waals surface area contributed by atoms with Crippen LogP contribution in [0.25, 0.3) is 0 Å². The largest absolute Gasteiger partial charge is 0.274 e. The number of alkyl halides is 2. The normalized spacial score (nSPS) is 10.7. The van der Waals surface area contributed by atoms with Gasteiger partial charge in [-0.3, -0.25) is 4.79 Å². The summed E-state index contributed by atoms with van der Waals surface area (Å²) in [5.41, 5.74) is -1.21. The Bertz CT molecular complexity index is 358. The summed E-state index contributed by atoms with van der Waals surface area (Å²) in [6.45, 7) is 1.26. The molecular weight excluding hydrogens is 219 g/mol. The average molecular weight is 224 g/mol. The van der Waals surface area contributed by atoms with E-state index in [0.29, 0.717) is 0 Å². The second-order valence-corrected chi connectivity index (χ2v) is 2.95. The molecule has 0 saturated heterocycles. The number of aryl methyl sites for hydroxylation is 1. The van der Waals surface area contributed by atoms with Crippen LogP contribution in [0, 0.1) is 12.9 Å². The van der Waals surface area contributed by atoms with E-state index in [1.165, 1.54) is 6.92 Å². The number of rotatable bonds is 2. The zero-order valence-electron chi connectivity index (χ0n) is 7.02. The average Bonchev–Trinajstić information content (AvgIpc) is 2.01. The molecule has 0 amide bonds. The fraction of sp³-hybridized carbons (Fsp3) is 0.250. The van der Waals surface area contributed by atoms with Crippen LogP contribution >= 0.6 is 11.6 Å². The molecule has 2 nitrogen and oxygen atoms in total. The predicted octanol–water partition coefficient (Wildman–Crippen LogP) is 2.85. The SMILES string of the molecule is Cc1cc(C(=O)Cl)nc(F)c1C(F)F.